The number of nitrogen functional groups attached to an aromatic ring is 1. The number of nitrogens with two attached hydrogens (primary N) is 2. The van der Waals surface area contributed by atoms with Crippen LogP contribution in [0.2, 0.25) is 10.0 Å². The highest BCUT2D eigenvalue weighted by Crippen LogP contribution is 2.35. The summed E-state index contributed by atoms with van der Waals surface area (Å²) in [6.45, 7) is 0.387. The topological polar surface area (TPSA) is 133 Å². The second-order valence-corrected chi connectivity index (χ2v) is 8.31. The molecule has 164 valence electrons. The van der Waals surface area contributed by atoms with Crippen LogP contribution in [-0.4, -0.2) is 44.2 Å². The van der Waals surface area contributed by atoms with Crippen molar-refractivity contribution in [1.82, 2.24) is 24.9 Å². The minimum atomic E-state index is -0.541. The van der Waals surface area contributed by atoms with Gasteiger partial charge in [0.15, 0.2) is 11.5 Å². The summed E-state index contributed by atoms with van der Waals surface area (Å²) in [5.41, 5.74) is 13.8. The molecule has 0 aliphatic heterocycles. The first-order valence-corrected chi connectivity index (χ1v) is 10.8. The van der Waals surface area contributed by atoms with E-state index in [1.807, 2.05) is 0 Å². The number of halogens is 2. The molecule has 2 aromatic heterocycles. The molecular weight excluding hydrogens is 441 g/mol. The predicted octanol–water partition coefficient (Wildman–Crippen LogP) is 2.37. The maximum atomic E-state index is 12.0. The van der Waals surface area contributed by atoms with Gasteiger partial charge in [0.1, 0.15) is 12.1 Å². The quantitative estimate of drug-likeness (QED) is 0.414. The van der Waals surface area contributed by atoms with E-state index < -0.39 is 6.04 Å². The first-order chi connectivity index (χ1) is 14.9. The van der Waals surface area contributed by atoms with Gasteiger partial charge in [-0.2, -0.15) is 5.10 Å². The van der Waals surface area contributed by atoms with Gasteiger partial charge in [-0.1, -0.05) is 23.2 Å². The lowest BCUT2D eigenvalue weighted by atomic mass is 10.1. The van der Waals surface area contributed by atoms with Gasteiger partial charge >= 0.3 is 0 Å². The second kappa shape index (κ2) is 9.25. The number of rotatable bonds is 9. The molecule has 0 spiro atoms. The lowest BCUT2D eigenvalue weighted by Gasteiger charge is -2.15. The first kappa shape index (κ1) is 21.6. The van der Waals surface area contributed by atoms with Crippen molar-refractivity contribution in [3.63, 3.8) is 0 Å². The van der Waals surface area contributed by atoms with Crippen LogP contribution in [0.3, 0.4) is 0 Å². The normalized spacial score (nSPS) is 14.5. The number of fused-ring (bicyclic) bond motifs is 1. The summed E-state index contributed by atoms with van der Waals surface area (Å²) in [5, 5.41) is 7.95. The van der Waals surface area contributed by atoms with Gasteiger partial charge in [0.05, 0.1) is 34.6 Å². The number of ether oxygens (including phenoxy) is 1. The number of hydrogen-bond acceptors (Lipinski definition) is 7. The second-order valence-electron chi connectivity index (χ2n) is 7.53. The summed E-state index contributed by atoms with van der Waals surface area (Å²) in [5.74, 6) is 0.783. The standard InChI is InChI=1S/C20H23Cl2N7O2/c21-14-5-6-16(31-7-1-2-15(23)20(30)28-11-3-4-11)13(17(14)22)8-12-9-25-19-18(24)26-10-27-29(12)19/h5-6,9-11,15H,1-4,7-8,23H2,(H,28,30)(H2,24,26,27)/t15-/m1/s1. The summed E-state index contributed by atoms with van der Waals surface area (Å²) in [6.07, 6.45) is 6.64. The Labute approximate surface area is 189 Å². The molecular formula is C20H23Cl2N7O2. The zero-order chi connectivity index (χ0) is 22.0. The summed E-state index contributed by atoms with van der Waals surface area (Å²) in [4.78, 5) is 20.2. The third-order valence-corrected chi connectivity index (χ3v) is 5.93. The van der Waals surface area contributed by atoms with Crippen molar-refractivity contribution < 1.29 is 9.53 Å². The van der Waals surface area contributed by atoms with Crippen molar-refractivity contribution in [2.75, 3.05) is 12.3 Å². The smallest absolute Gasteiger partial charge is 0.237 e. The van der Waals surface area contributed by atoms with E-state index >= 15 is 0 Å². The van der Waals surface area contributed by atoms with Crippen LogP contribution in [0.4, 0.5) is 5.82 Å². The molecule has 1 amide bonds. The molecule has 0 bridgehead atoms. The van der Waals surface area contributed by atoms with E-state index in [1.165, 1.54) is 6.33 Å². The largest absolute Gasteiger partial charge is 0.493 e. The van der Waals surface area contributed by atoms with E-state index in [4.69, 9.17) is 39.4 Å². The minimum Gasteiger partial charge on any atom is -0.493 e. The van der Waals surface area contributed by atoms with E-state index in [2.05, 4.69) is 20.4 Å². The van der Waals surface area contributed by atoms with Crippen molar-refractivity contribution in [3.8, 4) is 5.75 Å². The Bertz CT molecular complexity index is 1100. The molecule has 4 rings (SSSR count). The molecule has 9 nitrogen and oxygen atoms in total. The molecule has 3 aromatic rings. The van der Waals surface area contributed by atoms with Crippen LogP contribution < -0.4 is 21.5 Å². The Morgan fingerprint density at radius 1 is 1.32 bits per heavy atom. The highest BCUT2D eigenvalue weighted by Gasteiger charge is 2.25. The Morgan fingerprint density at radius 3 is 2.90 bits per heavy atom. The molecule has 11 heteroatoms. The summed E-state index contributed by atoms with van der Waals surface area (Å²) < 4.78 is 7.58. The zero-order valence-electron chi connectivity index (χ0n) is 16.7. The number of imidazole rings is 1. The average Bonchev–Trinajstić information content (AvgIpc) is 3.47. The highest BCUT2D eigenvalue weighted by molar-refractivity contribution is 6.42. The number of carbonyl (C=O) groups is 1. The van der Waals surface area contributed by atoms with E-state index in [-0.39, 0.29) is 11.7 Å². The number of amides is 1. The molecule has 5 N–H and O–H groups in total. The average molecular weight is 464 g/mol. The third-order valence-electron chi connectivity index (χ3n) is 5.09. The third kappa shape index (κ3) is 5.00. The van der Waals surface area contributed by atoms with Crippen molar-refractivity contribution in [1.29, 1.82) is 0 Å². The van der Waals surface area contributed by atoms with Crippen molar-refractivity contribution in [2.24, 2.45) is 5.73 Å². The van der Waals surface area contributed by atoms with Gasteiger partial charge in [0, 0.05) is 18.0 Å². The number of anilines is 1. The summed E-state index contributed by atoms with van der Waals surface area (Å²) in [6, 6.07) is 3.22. The van der Waals surface area contributed by atoms with Gasteiger partial charge in [-0.3, -0.25) is 4.79 Å². The maximum Gasteiger partial charge on any atom is 0.237 e. The van der Waals surface area contributed by atoms with Gasteiger partial charge in [0.25, 0.3) is 0 Å². The lowest BCUT2D eigenvalue weighted by Crippen LogP contribution is -2.41. The molecule has 31 heavy (non-hydrogen) atoms. The number of carbonyl (C=O) groups excluding carboxylic acids is 1. The molecule has 0 saturated heterocycles. The fourth-order valence-electron chi connectivity index (χ4n) is 3.21. The molecule has 1 aromatic carbocycles. The minimum absolute atomic E-state index is 0.105. The zero-order valence-corrected chi connectivity index (χ0v) is 18.2. The van der Waals surface area contributed by atoms with Gasteiger partial charge < -0.3 is 21.5 Å². The van der Waals surface area contributed by atoms with E-state index in [0.717, 1.165) is 18.5 Å². The predicted molar refractivity (Wildman–Crippen MR) is 118 cm³/mol. The van der Waals surface area contributed by atoms with Crippen LogP contribution in [0.5, 0.6) is 5.75 Å². The number of benzene rings is 1. The fraction of sp³-hybridized carbons (Fsp3) is 0.400. The molecule has 0 unspecified atom stereocenters. The van der Waals surface area contributed by atoms with Crippen LogP contribution in [0, 0.1) is 0 Å². The van der Waals surface area contributed by atoms with Crippen LogP contribution in [-0.2, 0) is 11.2 Å². The summed E-state index contributed by atoms with van der Waals surface area (Å²) in [7, 11) is 0. The number of aromatic nitrogens is 4. The van der Waals surface area contributed by atoms with Crippen molar-refractivity contribution in [3.05, 3.63) is 46.0 Å². The Morgan fingerprint density at radius 2 is 2.13 bits per heavy atom. The molecule has 1 aliphatic rings. The molecule has 0 radical (unpaired) electrons. The lowest BCUT2D eigenvalue weighted by molar-refractivity contribution is -0.122. The molecule has 1 fully saturated rings. The fourth-order valence-corrected chi connectivity index (χ4v) is 3.61. The van der Waals surface area contributed by atoms with Gasteiger partial charge in [-0.05, 0) is 37.8 Å². The molecule has 1 saturated carbocycles. The van der Waals surface area contributed by atoms with Crippen molar-refractivity contribution >= 4 is 40.6 Å². The number of nitrogens with zero attached hydrogens (tertiary/aromatic N) is 4. The monoisotopic (exact) mass is 463 g/mol. The Kier molecular flexibility index (Phi) is 6.45. The molecule has 1 atom stereocenters. The Hall–Kier alpha value is -2.62. The van der Waals surface area contributed by atoms with Gasteiger partial charge in [-0.15, -0.1) is 0 Å². The SMILES string of the molecule is Nc1ncnn2c(Cc3c(OCCC[C@@H](N)C(=O)NC4CC4)ccc(Cl)c3Cl)cnc12. The molecule has 1 aliphatic carbocycles. The number of hydrogen-bond donors (Lipinski definition) is 3. The van der Waals surface area contributed by atoms with Crippen LogP contribution in [0.15, 0.2) is 24.7 Å². The number of nitrogens with one attached hydrogen (secondary N) is 1. The first-order valence-electron chi connectivity index (χ1n) is 10.0. The van der Waals surface area contributed by atoms with Crippen LogP contribution in [0.1, 0.15) is 36.9 Å². The van der Waals surface area contributed by atoms with Crippen molar-refractivity contribution in [2.45, 2.75) is 44.2 Å². The summed E-state index contributed by atoms with van der Waals surface area (Å²) >= 11 is 12.7. The maximum absolute atomic E-state index is 12.0. The van der Waals surface area contributed by atoms with Gasteiger partial charge in [0.2, 0.25) is 5.91 Å². The van der Waals surface area contributed by atoms with E-state index in [1.54, 1.807) is 22.8 Å². The highest BCUT2D eigenvalue weighted by atomic mass is 35.5. The van der Waals surface area contributed by atoms with E-state index in [9.17, 15) is 4.79 Å². The van der Waals surface area contributed by atoms with Gasteiger partial charge in [-0.25, -0.2) is 14.5 Å². The Balaban J connectivity index is 1.43. The van der Waals surface area contributed by atoms with Crippen LogP contribution >= 0.6 is 23.2 Å². The molecule has 2 heterocycles. The van der Waals surface area contributed by atoms with Crippen LogP contribution in [0.25, 0.3) is 5.65 Å². The van der Waals surface area contributed by atoms with E-state index in [0.29, 0.717) is 58.9 Å².